The maximum absolute atomic E-state index is 12.6. The number of hydrogen-bond acceptors (Lipinski definition) is 10. The average Bonchev–Trinajstić information content (AvgIpc) is 3.21. The molecule has 0 spiro atoms. The largest absolute Gasteiger partial charge is 0.472 e. The highest BCUT2D eigenvalue weighted by molar-refractivity contribution is 7.47. The first-order chi connectivity index (χ1) is 28.1. The Morgan fingerprint density at radius 2 is 1.16 bits per heavy atom. The summed E-state index contributed by atoms with van der Waals surface area (Å²) in [6.07, 6.45) is 45.4. The number of phosphoric acid groups is 1. The summed E-state index contributed by atoms with van der Waals surface area (Å²) in [6.45, 7) is 2.01. The molecule has 330 valence electrons. The summed E-state index contributed by atoms with van der Waals surface area (Å²) in [5.41, 5.74) is 0. The summed E-state index contributed by atoms with van der Waals surface area (Å²) in [6, 6.07) is 0. The molecule has 12 heteroatoms. The second-order valence-corrected chi connectivity index (χ2v) is 15.3. The van der Waals surface area contributed by atoms with Crippen LogP contribution in [0.1, 0.15) is 136 Å². The van der Waals surface area contributed by atoms with E-state index < -0.39 is 57.9 Å². The summed E-state index contributed by atoms with van der Waals surface area (Å²) < 4.78 is 32.6. The van der Waals surface area contributed by atoms with E-state index in [1.54, 1.807) is 18.2 Å². The number of unbranched alkanes of at least 4 members (excludes halogenated alkanes) is 8. The Balaban J connectivity index is 4.56. The molecule has 0 bridgehead atoms. The molecule has 11 nitrogen and oxygen atoms in total. The lowest BCUT2D eigenvalue weighted by Crippen LogP contribution is -2.29. The zero-order chi connectivity index (χ0) is 42.8. The lowest BCUT2D eigenvalue weighted by molar-refractivity contribution is -0.161. The molecule has 2 unspecified atom stereocenters. The van der Waals surface area contributed by atoms with Gasteiger partial charge >= 0.3 is 19.8 Å². The van der Waals surface area contributed by atoms with Crippen LogP contribution in [0.5, 0.6) is 0 Å². The van der Waals surface area contributed by atoms with Crippen molar-refractivity contribution in [1.82, 2.24) is 0 Å². The van der Waals surface area contributed by atoms with Crippen LogP contribution in [0.25, 0.3) is 0 Å². The predicted molar refractivity (Wildman–Crippen MR) is 234 cm³/mol. The molecule has 0 heterocycles. The van der Waals surface area contributed by atoms with Gasteiger partial charge in [-0.3, -0.25) is 18.6 Å². The van der Waals surface area contributed by atoms with Crippen LogP contribution in [-0.2, 0) is 32.7 Å². The van der Waals surface area contributed by atoms with Crippen LogP contribution in [0.2, 0.25) is 0 Å². The molecular weight excluding hydrogens is 759 g/mol. The van der Waals surface area contributed by atoms with E-state index in [9.17, 15) is 29.3 Å². The van der Waals surface area contributed by atoms with E-state index in [2.05, 4.69) is 79.1 Å². The van der Waals surface area contributed by atoms with E-state index in [1.807, 2.05) is 18.2 Å². The molecule has 0 aromatic rings. The number of hydrogen-bond donors (Lipinski definition) is 4. The second-order valence-electron chi connectivity index (χ2n) is 13.8. The first-order valence-electron chi connectivity index (χ1n) is 21.3. The Bertz CT molecular complexity index is 1300. The second kappa shape index (κ2) is 40.6. The van der Waals surface area contributed by atoms with Gasteiger partial charge in [0.1, 0.15) is 12.7 Å². The van der Waals surface area contributed by atoms with Crippen molar-refractivity contribution in [2.24, 2.45) is 0 Å². The zero-order valence-corrected chi connectivity index (χ0v) is 36.2. The van der Waals surface area contributed by atoms with Crippen LogP contribution in [0.4, 0.5) is 0 Å². The minimum absolute atomic E-state index is 0.0376. The van der Waals surface area contributed by atoms with E-state index >= 15 is 0 Å². The van der Waals surface area contributed by atoms with Gasteiger partial charge in [-0.15, -0.1) is 0 Å². The van der Waals surface area contributed by atoms with Gasteiger partial charge in [-0.2, -0.15) is 0 Å². The van der Waals surface area contributed by atoms with Crippen molar-refractivity contribution in [3.63, 3.8) is 0 Å². The number of allylic oxidation sites excluding steroid dienone is 14. The lowest BCUT2D eigenvalue weighted by Gasteiger charge is -2.20. The van der Waals surface area contributed by atoms with Crippen molar-refractivity contribution in [2.75, 3.05) is 26.4 Å². The molecule has 0 rings (SSSR count). The number of aliphatic hydroxyl groups is 3. The molecule has 4 atom stereocenters. The normalized spacial score (nSPS) is 15.3. The van der Waals surface area contributed by atoms with Gasteiger partial charge in [-0.25, -0.2) is 4.57 Å². The Kier molecular flexibility index (Phi) is 38.4. The molecule has 0 radical (unpaired) electrons. The van der Waals surface area contributed by atoms with Crippen molar-refractivity contribution in [1.29, 1.82) is 0 Å². The molecule has 0 amide bonds. The summed E-state index contributed by atoms with van der Waals surface area (Å²) in [4.78, 5) is 35.0. The number of carbonyl (C=O) groups is 2. The van der Waals surface area contributed by atoms with Gasteiger partial charge in [0.05, 0.1) is 25.9 Å². The fraction of sp³-hybridized carbons (Fsp3) is 0.609. The van der Waals surface area contributed by atoms with E-state index in [0.717, 1.165) is 64.2 Å². The highest BCUT2D eigenvalue weighted by Crippen LogP contribution is 2.43. The summed E-state index contributed by atoms with van der Waals surface area (Å²) in [5, 5.41) is 28.5. The fourth-order valence-corrected chi connectivity index (χ4v) is 5.79. The van der Waals surface area contributed by atoms with Gasteiger partial charge in [0.2, 0.25) is 0 Å². The van der Waals surface area contributed by atoms with E-state index in [0.29, 0.717) is 25.7 Å². The molecule has 0 saturated carbocycles. The van der Waals surface area contributed by atoms with Crippen molar-refractivity contribution in [2.45, 2.75) is 154 Å². The molecular formula is C46H75O11P. The van der Waals surface area contributed by atoms with Crippen molar-refractivity contribution >= 4 is 19.8 Å². The van der Waals surface area contributed by atoms with E-state index in [1.165, 1.54) is 19.3 Å². The maximum atomic E-state index is 12.6. The average molecular weight is 835 g/mol. The fourth-order valence-electron chi connectivity index (χ4n) is 5.00. The Morgan fingerprint density at radius 1 is 0.603 bits per heavy atom. The minimum Gasteiger partial charge on any atom is -0.462 e. The summed E-state index contributed by atoms with van der Waals surface area (Å²) in [7, 11) is -4.67. The number of carbonyl (C=O) groups excluding carboxylic acids is 2. The molecule has 0 aromatic heterocycles. The molecule has 58 heavy (non-hydrogen) atoms. The third-order valence-corrected chi connectivity index (χ3v) is 9.25. The zero-order valence-electron chi connectivity index (χ0n) is 35.3. The van der Waals surface area contributed by atoms with Gasteiger partial charge in [-0.1, -0.05) is 137 Å². The van der Waals surface area contributed by atoms with Crippen LogP contribution in [-0.4, -0.2) is 76.9 Å². The van der Waals surface area contributed by atoms with Gasteiger partial charge in [0.15, 0.2) is 6.10 Å². The van der Waals surface area contributed by atoms with Crippen LogP contribution >= 0.6 is 7.82 Å². The number of esters is 2. The van der Waals surface area contributed by atoms with Crippen LogP contribution in [0.15, 0.2) is 97.2 Å². The number of ether oxygens (including phenoxy) is 2. The summed E-state index contributed by atoms with van der Waals surface area (Å²) >= 11 is 0. The third-order valence-electron chi connectivity index (χ3n) is 8.30. The SMILES string of the molecule is CC/C=C\C/C=C\C/C=C\C/C=C\CCCCCCC(=O)OC[C@H](COP(=O)(O)OC[C@@H](O)CO)OC(=O)CCC/C=C/C=C\C(O)C/C=C\C/C=C\CCCCC. The highest BCUT2D eigenvalue weighted by atomic mass is 31.2. The molecule has 0 aliphatic rings. The van der Waals surface area contributed by atoms with Gasteiger partial charge in [-0.05, 0) is 83.5 Å². The molecule has 0 fully saturated rings. The number of rotatable bonds is 38. The predicted octanol–water partition coefficient (Wildman–Crippen LogP) is 10.2. The first-order valence-corrected chi connectivity index (χ1v) is 22.8. The van der Waals surface area contributed by atoms with E-state index in [-0.39, 0.29) is 19.4 Å². The van der Waals surface area contributed by atoms with Gasteiger partial charge in [0, 0.05) is 12.8 Å². The number of phosphoric ester groups is 1. The van der Waals surface area contributed by atoms with Crippen LogP contribution in [0, 0.1) is 0 Å². The smallest absolute Gasteiger partial charge is 0.462 e. The minimum atomic E-state index is -4.67. The molecule has 4 N–H and O–H groups in total. The lowest BCUT2D eigenvalue weighted by atomic mass is 10.1. The molecule has 0 aromatic carbocycles. The van der Waals surface area contributed by atoms with Gasteiger partial charge < -0.3 is 29.7 Å². The third kappa shape index (κ3) is 39.7. The highest BCUT2D eigenvalue weighted by Gasteiger charge is 2.27. The van der Waals surface area contributed by atoms with Crippen molar-refractivity contribution in [3.05, 3.63) is 97.2 Å². The van der Waals surface area contributed by atoms with Crippen molar-refractivity contribution in [3.8, 4) is 0 Å². The number of aliphatic hydroxyl groups excluding tert-OH is 3. The van der Waals surface area contributed by atoms with E-state index in [4.69, 9.17) is 19.1 Å². The Hall–Kier alpha value is -3.15. The summed E-state index contributed by atoms with van der Waals surface area (Å²) in [5.74, 6) is -1.09. The maximum Gasteiger partial charge on any atom is 0.472 e. The van der Waals surface area contributed by atoms with Crippen LogP contribution in [0.3, 0.4) is 0 Å². The van der Waals surface area contributed by atoms with Crippen molar-refractivity contribution < 1.29 is 52.9 Å². The quantitative estimate of drug-likeness (QED) is 0.0154. The Morgan fingerprint density at radius 3 is 1.79 bits per heavy atom. The first kappa shape index (κ1) is 54.9. The molecule has 0 saturated heterocycles. The Labute approximate surface area is 349 Å². The molecule has 0 aliphatic carbocycles. The topological polar surface area (TPSA) is 169 Å². The standard InChI is InChI=1S/C46H75O11P/c1-3-5-7-9-11-13-14-15-16-17-18-19-20-22-24-28-32-36-45(50)54-40-44(41-56-58(52,53)55-39-43(49)38-47)57-46(51)37-33-29-25-27-31-35-42(48)34-30-26-23-21-12-10-8-6-4-2/h5,7,11-13,15-16,18-19,21,25-27,30-31,35,42-44,47-49H,3-4,6,8-10,14,17,20,22-24,28-29,32-34,36-41H2,1-2H3,(H,52,53)/b7-5-,13-11-,16-15-,19-18-,21-12-,27-25+,30-26-,35-31-/t42?,43-,44+/m0/s1. The van der Waals surface area contributed by atoms with Gasteiger partial charge in [0.25, 0.3) is 0 Å². The van der Waals surface area contributed by atoms with Crippen LogP contribution < -0.4 is 0 Å². The monoisotopic (exact) mass is 835 g/mol. The molecule has 0 aliphatic heterocycles.